The second kappa shape index (κ2) is 9.71. The SMILES string of the molecule is CCOc1ccc(/C(O)=C2\C(=O)C(=O)N(c3nc4ccccc4s3)C2c2ccc(N(C)C)cc2)cc1C. The summed E-state index contributed by atoms with van der Waals surface area (Å²) in [5.41, 5.74) is 3.71. The van der Waals surface area contributed by atoms with Crippen molar-refractivity contribution in [2.24, 2.45) is 0 Å². The van der Waals surface area contributed by atoms with Gasteiger partial charge in [0.05, 0.1) is 28.4 Å². The molecule has 1 aliphatic heterocycles. The third-order valence-corrected chi connectivity index (χ3v) is 7.44. The van der Waals surface area contributed by atoms with E-state index in [1.807, 2.05) is 81.4 Å². The summed E-state index contributed by atoms with van der Waals surface area (Å²) in [5.74, 6) is -0.991. The van der Waals surface area contributed by atoms with Crippen LogP contribution >= 0.6 is 11.3 Å². The third kappa shape index (κ3) is 4.34. The van der Waals surface area contributed by atoms with Crippen molar-refractivity contribution < 1.29 is 19.4 Å². The monoisotopic (exact) mass is 513 g/mol. The molecule has 1 aromatic heterocycles. The molecular weight excluding hydrogens is 486 g/mol. The molecule has 0 radical (unpaired) electrons. The first-order valence-corrected chi connectivity index (χ1v) is 12.8. The van der Waals surface area contributed by atoms with Crippen molar-refractivity contribution in [3.05, 3.63) is 89.0 Å². The van der Waals surface area contributed by atoms with Crippen LogP contribution in [0.2, 0.25) is 0 Å². The van der Waals surface area contributed by atoms with Gasteiger partial charge in [-0.1, -0.05) is 35.6 Å². The van der Waals surface area contributed by atoms with Gasteiger partial charge in [0.1, 0.15) is 11.5 Å². The molecule has 8 heteroatoms. The molecule has 5 rings (SSSR count). The highest BCUT2D eigenvalue weighted by Gasteiger charge is 2.48. The highest BCUT2D eigenvalue weighted by atomic mass is 32.1. The molecule has 1 aliphatic rings. The van der Waals surface area contributed by atoms with E-state index in [2.05, 4.69) is 4.98 Å². The summed E-state index contributed by atoms with van der Waals surface area (Å²) in [6.07, 6.45) is 0. The first-order valence-electron chi connectivity index (χ1n) is 12.0. The third-order valence-electron chi connectivity index (χ3n) is 6.41. The van der Waals surface area contributed by atoms with Gasteiger partial charge < -0.3 is 14.7 Å². The van der Waals surface area contributed by atoms with Crippen LogP contribution in [0.5, 0.6) is 5.75 Å². The topological polar surface area (TPSA) is 83.0 Å². The number of amides is 1. The first-order chi connectivity index (χ1) is 17.8. The number of aliphatic hydroxyl groups is 1. The summed E-state index contributed by atoms with van der Waals surface area (Å²) in [5, 5.41) is 11.9. The minimum atomic E-state index is -0.830. The van der Waals surface area contributed by atoms with E-state index in [1.54, 1.807) is 18.2 Å². The predicted octanol–water partition coefficient (Wildman–Crippen LogP) is 5.70. The molecule has 3 aromatic carbocycles. The van der Waals surface area contributed by atoms with Crippen LogP contribution in [0.3, 0.4) is 0 Å². The number of Topliss-reactive ketones (excluding diaryl/α,β-unsaturated/α-hetero) is 1. The summed E-state index contributed by atoms with van der Waals surface area (Å²) in [6.45, 7) is 4.29. The highest BCUT2D eigenvalue weighted by Crippen LogP contribution is 2.44. The van der Waals surface area contributed by atoms with Crippen LogP contribution in [-0.4, -0.2) is 42.5 Å². The van der Waals surface area contributed by atoms with Crippen molar-refractivity contribution >= 4 is 49.8 Å². The molecule has 0 spiro atoms. The van der Waals surface area contributed by atoms with E-state index in [0.717, 1.165) is 21.5 Å². The van der Waals surface area contributed by atoms with Gasteiger partial charge >= 0.3 is 5.91 Å². The summed E-state index contributed by atoms with van der Waals surface area (Å²) in [7, 11) is 3.88. The Bertz CT molecular complexity index is 1510. The van der Waals surface area contributed by atoms with Gasteiger partial charge in [-0.2, -0.15) is 0 Å². The fourth-order valence-corrected chi connectivity index (χ4v) is 5.52. The zero-order valence-corrected chi connectivity index (χ0v) is 21.9. The number of thiazole rings is 1. The molecule has 0 saturated carbocycles. The van der Waals surface area contributed by atoms with E-state index in [-0.39, 0.29) is 11.3 Å². The van der Waals surface area contributed by atoms with Crippen LogP contribution in [0, 0.1) is 6.92 Å². The molecule has 1 saturated heterocycles. The number of para-hydroxylation sites is 1. The Kier molecular flexibility index (Phi) is 6.43. The lowest BCUT2D eigenvalue weighted by Gasteiger charge is -2.23. The quantitative estimate of drug-likeness (QED) is 0.202. The number of ketones is 1. The largest absolute Gasteiger partial charge is 0.507 e. The van der Waals surface area contributed by atoms with Crippen LogP contribution in [0.15, 0.2) is 72.3 Å². The zero-order chi connectivity index (χ0) is 26.3. The lowest BCUT2D eigenvalue weighted by molar-refractivity contribution is -0.132. The fourth-order valence-electron chi connectivity index (χ4n) is 4.53. The van der Waals surface area contributed by atoms with E-state index >= 15 is 0 Å². The van der Waals surface area contributed by atoms with Crippen molar-refractivity contribution in [2.45, 2.75) is 19.9 Å². The van der Waals surface area contributed by atoms with E-state index in [1.165, 1.54) is 16.2 Å². The number of nitrogens with zero attached hydrogens (tertiary/aromatic N) is 3. The normalized spacial score (nSPS) is 17.0. The maximum atomic E-state index is 13.5. The molecule has 1 N–H and O–H groups in total. The summed E-state index contributed by atoms with van der Waals surface area (Å²) in [4.78, 5) is 35.0. The molecule has 0 aliphatic carbocycles. The van der Waals surface area contributed by atoms with Crippen LogP contribution in [0.1, 0.15) is 29.7 Å². The smallest absolute Gasteiger partial charge is 0.301 e. The summed E-state index contributed by atoms with van der Waals surface area (Å²) >= 11 is 1.34. The van der Waals surface area contributed by atoms with Gasteiger partial charge in [0.2, 0.25) is 0 Å². The number of aliphatic hydroxyl groups excluding tert-OH is 1. The van der Waals surface area contributed by atoms with Crippen molar-refractivity contribution in [2.75, 3.05) is 30.5 Å². The van der Waals surface area contributed by atoms with Gasteiger partial charge in [-0.05, 0) is 67.4 Å². The summed E-state index contributed by atoms with van der Waals surface area (Å²) < 4.78 is 6.53. The number of ether oxygens (including phenoxy) is 1. The van der Waals surface area contributed by atoms with Crippen LogP contribution < -0.4 is 14.5 Å². The molecular formula is C29H27N3O4S. The number of aryl methyl sites for hydroxylation is 1. The lowest BCUT2D eigenvalue weighted by Crippen LogP contribution is -2.29. The van der Waals surface area contributed by atoms with Crippen LogP contribution in [-0.2, 0) is 9.59 Å². The molecule has 1 atom stereocenters. The van der Waals surface area contributed by atoms with Gasteiger partial charge in [-0.3, -0.25) is 14.5 Å². The average molecular weight is 514 g/mol. The van der Waals surface area contributed by atoms with Crippen molar-refractivity contribution in [1.29, 1.82) is 0 Å². The predicted molar refractivity (Wildman–Crippen MR) is 148 cm³/mol. The van der Waals surface area contributed by atoms with E-state index < -0.39 is 17.7 Å². The lowest BCUT2D eigenvalue weighted by atomic mass is 9.94. The molecule has 188 valence electrons. The van der Waals surface area contributed by atoms with Gasteiger partial charge in [-0.25, -0.2) is 4.98 Å². The van der Waals surface area contributed by atoms with Crippen molar-refractivity contribution in [3.8, 4) is 5.75 Å². The molecule has 4 aromatic rings. The fraction of sp³-hybridized carbons (Fsp3) is 0.207. The molecule has 0 bridgehead atoms. The molecule has 7 nitrogen and oxygen atoms in total. The van der Waals surface area contributed by atoms with E-state index in [0.29, 0.717) is 28.6 Å². The van der Waals surface area contributed by atoms with E-state index in [4.69, 9.17) is 4.74 Å². The number of benzene rings is 3. The van der Waals surface area contributed by atoms with Gasteiger partial charge in [0, 0.05) is 25.3 Å². The van der Waals surface area contributed by atoms with Crippen molar-refractivity contribution in [1.82, 2.24) is 4.98 Å². The molecule has 2 heterocycles. The average Bonchev–Trinajstić information content (AvgIpc) is 3.43. The molecule has 1 unspecified atom stereocenters. The Morgan fingerprint density at radius 1 is 1.08 bits per heavy atom. The minimum Gasteiger partial charge on any atom is -0.507 e. The number of anilines is 2. The van der Waals surface area contributed by atoms with Gasteiger partial charge in [0.25, 0.3) is 5.78 Å². The molecule has 1 fully saturated rings. The number of fused-ring (bicyclic) bond motifs is 1. The number of hydrogen-bond donors (Lipinski definition) is 1. The Hall–Kier alpha value is -4.17. The standard InChI is InChI=1S/C29H27N3O4S/c1-5-36-22-15-12-19(16-17(22)2)26(33)24-25(18-10-13-20(14-11-18)31(3)4)32(28(35)27(24)34)29-30-21-8-6-7-9-23(21)37-29/h6-16,25,33H,5H2,1-4H3/b26-24+. The number of carbonyl (C=O) groups is 2. The molecule has 1 amide bonds. The Labute approximate surface area is 219 Å². The van der Waals surface area contributed by atoms with E-state index in [9.17, 15) is 14.7 Å². The molecule has 37 heavy (non-hydrogen) atoms. The maximum Gasteiger partial charge on any atom is 0.301 e. The zero-order valence-electron chi connectivity index (χ0n) is 21.1. The Balaban J connectivity index is 1.69. The van der Waals surface area contributed by atoms with Crippen LogP contribution in [0.4, 0.5) is 10.8 Å². The summed E-state index contributed by atoms with van der Waals surface area (Å²) in [6, 6.07) is 19.6. The van der Waals surface area contributed by atoms with Gasteiger partial charge in [0.15, 0.2) is 5.13 Å². The maximum absolute atomic E-state index is 13.5. The Morgan fingerprint density at radius 3 is 2.46 bits per heavy atom. The highest BCUT2D eigenvalue weighted by molar-refractivity contribution is 7.22. The van der Waals surface area contributed by atoms with Crippen LogP contribution in [0.25, 0.3) is 16.0 Å². The second-order valence-corrected chi connectivity index (χ2v) is 10.0. The first kappa shape index (κ1) is 24.5. The number of aromatic nitrogens is 1. The van der Waals surface area contributed by atoms with Crippen molar-refractivity contribution in [3.63, 3.8) is 0 Å². The Morgan fingerprint density at radius 2 is 1.81 bits per heavy atom. The number of rotatable bonds is 6. The second-order valence-electron chi connectivity index (χ2n) is 9.03. The number of hydrogen-bond acceptors (Lipinski definition) is 7. The minimum absolute atomic E-state index is 0.0328. The number of carbonyl (C=O) groups excluding carboxylic acids is 2. The van der Waals surface area contributed by atoms with Gasteiger partial charge in [-0.15, -0.1) is 0 Å².